The summed E-state index contributed by atoms with van der Waals surface area (Å²) in [6.45, 7) is 1.24. The highest BCUT2D eigenvalue weighted by molar-refractivity contribution is 6.42. The first-order chi connectivity index (χ1) is 11.4. The largest absolute Gasteiger partial charge is 0.497 e. The first-order valence-electron chi connectivity index (χ1n) is 7.07. The number of hydrogen-bond acceptors (Lipinski definition) is 3. The minimum Gasteiger partial charge on any atom is -0.497 e. The number of ether oxygens (including phenoxy) is 1. The summed E-state index contributed by atoms with van der Waals surface area (Å²) in [5.74, 6) is 0.0777. The van der Waals surface area contributed by atoms with Crippen molar-refractivity contribution in [3.05, 3.63) is 52.5 Å². The fourth-order valence-electron chi connectivity index (χ4n) is 2.06. The van der Waals surface area contributed by atoms with Gasteiger partial charge < -0.3 is 15.0 Å². The highest BCUT2D eigenvalue weighted by Crippen LogP contribution is 2.27. The van der Waals surface area contributed by atoms with Crippen molar-refractivity contribution < 1.29 is 14.3 Å². The van der Waals surface area contributed by atoms with E-state index in [1.165, 1.54) is 11.8 Å². The molecule has 0 atom stereocenters. The quantitative estimate of drug-likeness (QED) is 0.869. The van der Waals surface area contributed by atoms with Crippen molar-refractivity contribution >= 4 is 46.4 Å². The summed E-state index contributed by atoms with van der Waals surface area (Å²) >= 11 is 11.9. The summed E-state index contributed by atoms with van der Waals surface area (Å²) in [6, 6.07) is 11.7. The lowest BCUT2D eigenvalue weighted by Crippen LogP contribution is -2.36. The number of halogens is 2. The van der Waals surface area contributed by atoms with Gasteiger partial charge in [0.05, 0.1) is 17.2 Å². The van der Waals surface area contributed by atoms with Crippen LogP contribution in [0.2, 0.25) is 10.0 Å². The number of anilines is 2. The molecule has 24 heavy (non-hydrogen) atoms. The second kappa shape index (κ2) is 8.04. The second-order valence-electron chi connectivity index (χ2n) is 4.98. The highest BCUT2D eigenvalue weighted by Gasteiger charge is 2.17. The first-order valence-corrected chi connectivity index (χ1v) is 7.83. The molecule has 0 aliphatic heterocycles. The number of hydrogen-bond donors (Lipinski definition) is 1. The number of carbonyl (C=O) groups excluding carboxylic acids is 2. The summed E-state index contributed by atoms with van der Waals surface area (Å²) < 4.78 is 5.06. The molecule has 0 aliphatic rings. The van der Waals surface area contributed by atoms with Gasteiger partial charge in [0, 0.05) is 18.3 Å². The molecule has 0 unspecified atom stereocenters. The number of rotatable bonds is 5. The molecule has 1 N–H and O–H groups in total. The Labute approximate surface area is 150 Å². The highest BCUT2D eigenvalue weighted by atomic mass is 35.5. The maximum absolute atomic E-state index is 12.2. The van der Waals surface area contributed by atoms with Gasteiger partial charge >= 0.3 is 0 Å². The third-order valence-corrected chi connectivity index (χ3v) is 4.01. The van der Waals surface area contributed by atoms with Crippen molar-refractivity contribution in [3.63, 3.8) is 0 Å². The SMILES string of the molecule is COc1ccc(NC(=O)CN(C(C)=O)c2ccc(Cl)c(Cl)c2)cc1. The summed E-state index contributed by atoms with van der Waals surface area (Å²) in [4.78, 5) is 25.4. The fraction of sp³-hybridized carbons (Fsp3) is 0.176. The molecule has 0 aliphatic carbocycles. The third-order valence-electron chi connectivity index (χ3n) is 3.27. The number of carbonyl (C=O) groups is 2. The van der Waals surface area contributed by atoms with Gasteiger partial charge in [0.25, 0.3) is 0 Å². The Morgan fingerprint density at radius 2 is 1.75 bits per heavy atom. The van der Waals surface area contributed by atoms with Crippen LogP contribution in [0.5, 0.6) is 5.75 Å². The van der Waals surface area contributed by atoms with E-state index in [2.05, 4.69) is 5.32 Å². The smallest absolute Gasteiger partial charge is 0.244 e. The van der Waals surface area contributed by atoms with E-state index in [4.69, 9.17) is 27.9 Å². The number of amides is 2. The average molecular weight is 367 g/mol. The molecule has 0 aromatic heterocycles. The number of methoxy groups -OCH3 is 1. The molecule has 0 saturated carbocycles. The summed E-state index contributed by atoms with van der Waals surface area (Å²) in [6.07, 6.45) is 0. The van der Waals surface area contributed by atoms with Crippen molar-refractivity contribution in [2.75, 3.05) is 23.9 Å². The zero-order valence-corrected chi connectivity index (χ0v) is 14.7. The molecule has 0 saturated heterocycles. The molecule has 0 radical (unpaired) electrons. The van der Waals surface area contributed by atoms with Crippen LogP contribution < -0.4 is 15.0 Å². The van der Waals surface area contributed by atoms with Crippen LogP contribution in [0.15, 0.2) is 42.5 Å². The van der Waals surface area contributed by atoms with E-state index in [9.17, 15) is 9.59 Å². The van der Waals surface area contributed by atoms with Crippen molar-refractivity contribution in [2.45, 2.75) is 6.92 Å². The van der Waals surface area contributed by atoms with E-state index in [1.54, 1.807) is 49.6 Å². The van der Waals surface area contributed by atoms with Gasteiger partial charge in [-0.2, -0.15) is 0 Å². The maximum Gasteiger partial charge on any atom is 0.244 e. The molecule has 2 aromatic carbocycles. The monoisotopic (exact) mass is 366 g/mol. The van der Waals surface area contributed by atoms with Crippen LogP contribution in [0.1, 0.15) is 6.92 Å². The van der Waals surface area contributed by atoms with Gasteiger partial charge in [0.2, 0.25) is 11.8 Å². The number of nitrogens with one attached hydrogen (secondary N) is 1. The molecule has 0 fully saturated rings. The van der Waals surface area contributed by atoms with Crippen molar-refractivity contribution in [3.8, 4) is 5.75 Å². The predicted molar refractivity (Wildman–Crippen MR) is 96.1 cm³/mol. The second-order valence-corrected chi connectivity index (χ2v) is 5.79. The predicted octanol–water partition coefficient (Wildman–Crippen LogP) is 3.99. The third kappa shape index (κ3) is 4.63. The molecule has 0 heterocycles. The van der Waals surface area contributed by atoms with Gasteiger partial charge in [-0.1, -0.05) is 23.2 Å². The Morgan fingerprint density at radius 1 is 1.08 bits per heavy atom. The van der Waals surface area contributed by atoms with Crippen LogP contribution >= 0.6 is 23.2 Å². The minimum absolute atomic E-state index is 0.140. The molecular formula is C17H16Cl2N2O3. The van der Waals surface area contributed by atoms with Crippen LogP contribution in [0.25, 0.3) is 0 Å². The zero-order valence-electron chi connectivity index (χ0n) is 13.2. The Bertz CT molecular complexity index is 748. The van der Waals surface area contributed by atoms with Crippen LogP contribution in [-0.2, 0) is 9.59 Å². The summed E-state index contributed by atoms with van der Waals surface area (Å²) in [7, 11) is 1.57. The lowest BCUT2D eigenvalue weighted by Gasteiger charge is -2.21. The minimum atomic E-state index is -0.332. The first kappa shape index (κ1) is 18.1. The number of benzene rings is 2. The Morgan fingerprint density at radius 3 is 2.29 bits per heavy atom. The molecule has 2 rings (SSSR count). The lowest BCUT2D eigenvalue weighted by molar-refractivity contribution is -0.120. The van der Waals surface area contributed by atoms with E-state index < -0.39 is 0 Å². The molecule has 0 spiro atoms. The standard InChI is InChI=1S/C17H16Cl2N2O3/c1-11(22)21(13-5-8-15(18)16(19)9-13)10-17(23)20-12-3-6-14(24-2)7-4-12/h3-9H,10H2,1-2H3,(H,20,23). The van der Waals surface area contributed by atoms with Crippen molar-refractivity contribution in [1.29, 1.82) is 0 Å². The fourth-order valence-corrected chi connectivity index (χ4v) is 2.35. The Balaban J connectivity index is 2.10. The Hall–Kier alpha value is -2.24. The molecule has 5 nitrogen and oxygen atoms in total. The van der Waals surface area contributed by atoms with Gasteiger partial charge in [-0.15, -0.1) is 0 Å². The van der Waals surface area contributed by atoms with Gasteiger partial charge in [0.1, 0.15) is 12.3 Å². The van der Waals surface area contributed by atoms with E-state index >= 15 is 0 Å². The molecule has 2 aromatic rings. The van der Waals surface area contributed by atoms with Gasteiger partial charge in [-0.3, -0.25) is 9.59 Å². The van der Waals surface area contributed by atoms with Crippen LogP contribution in [-0.4, -0.2) is 25.5 Å². The number of nitrogens with zero attached hydrogens (tertiary/aromatic N) is 1. The molecular weight excluding hydrogens is 351 g/mol. The van der Waals surface area contributed by atoms with E-state index in [-0.39, 0.29) is 18.4 Å². The maximum atomic E-state index is 12.2. The lowest BCUT2D eigenvalue weighted by atomic mass is 10.2. The van der Waals surface area contributed by atoms with Gasteiger partial charge in [0.15, 0.2) is 0 Å². The molecule has 0 bridgehead atoms. The van der Waals surface area contributed by atoms with Crippen LogP contribution in [0.3, 0.4) is 0 Å². The summed E-state index contributed by atoms with van der Waals surface area (Å²) in [5.41, 5.74) is 1.11. The summed E-state index contributed by atoms with van der Waals surface area (Å²) in [5, 5.41) is 3.42. The normalized spacial score (nSPS) is 10.2. The van der Waals surface area contributed by atoms with E-state index in [0.717, 1.165) is 0 Å². The molecule has 126 valence electrons. The topological polar surface area (TPSA) is 58.6 Å². The van der Waals surface area contributed by atoms with E-state index in [1.807, 2.05) is 0 Å². The van der Waals surface area contributed by atoms with Crippen LogP contribution in [0, 0.1) is 0 Å². The van der Waals surface area contributed by atoms with Crippen molar-refractivity contribution in [1.82, 2.24) is 0 Å². The molecule has 7 heteroatoms. The van der Waals surface area contributed by atoms with Crippen molar-refractivity contribution in [2.24, 2.45) is 0 Å². The Kier molecular flexibility index (Phi) is 6.06. The van der Waals surface area contributed by atoms with E-state index in [0.29, 0.717) is 27.2 Å². The average Bonchev–Trinajstić information content (AvgIpc) is 2.56. The zero-order chi connectivity index (χ0) is 17.7. The van der Waals surface area contributed by atoms with Gasteiger partial charge in [-0.05, 0) is 42.5 Å². The van der Waals surface area contributed by atoms with Gasteiger partial charge in [-0.25, -0.2) is 0 Å². The van der Waals surface area contributed by atoms with Crippen LogP contribution in [0.4, 0.5) is 11.4 Å². The molecule has 2 amide bonds.